The lowest BCUT2D eigenvalue weighted by atomic mass is 9.98. The smallest absolute Gasteiger partial charge is 0.410 e. The summed E-state index contributed by atoms with van der Waals surface area (Å²) in [5.41, 5.74) is 0.334. The fraction of sp³-hybridized carbons (Fsp3) is 0.636. The number of nitrogens with one attached hydrogen (secondary N) is 1. The van der Waals surface area contributed by atoms with Gasteiger partial charge in [0, 0.05) is 25.0 Å². The molecule has 0 unspecified atom stereocenters. The Labute approximate surface area is 188 Å². The second kappa shape index (κ2) is 8.67. The van der Waals surface area contributed by atoms with Crippen LogP contribution in [0.1, 0.15) is 70.2 Å². The van der Waals surface area contributed by atoms with Gasteiger partial charge in [0.05, 0.1) is 20.1 Å². The third-order valence-electron chi connectivity index (χ3n) is 5.86. The van der Waals surface area contributed by atoms with Gasteiger partial charge in [0.15, 0.2) is 0 Å². The van der Waals surface area contributed by atoms with Gasteiger partial charge in [-0.2, -0.15) is 0 Å². The second-order valence-electron chi connectivity index (χ2n) is 9.53. The number of piperidine rings is 1. The van der Waals surface area contributed by atoms with Crippen molar-refractivity contribution in [3.8, 4) is 0 Å². The number of hydrogen-bond donors (Lipinski definition) is 1. The van der Waals surface area contributed by atoms with E-state index in [2.05, 4.69) is 4.72 Å². The van der Waals surface area contributed by atoms with Crippen LogP contribution >= 0.6 is 11.3 Å². The summed E-state index contributed by atoms with van der Waals surface area (Å²) in [6.45, 7) is 6.89. The minimum atomic E-state index is -3.51. The van der Waals surface area contributed by atoms with Gasteiger partial charge in [-0.15, -0.1) is 11.3 Å². The third-order valence-corrected chi connectivity index (χ3v) is 8.56. The highest BCUT2D eigenvalue weighted by Gasteiger charge is 2.29. The molecule has 1 amide bonds. The SMILES string of the molecule is CC(C)(C)OC(=O)N1CCC(c2nc3ccc(S(=O)(=O)NC4CCCC4)cc3s2)CC1. The highest BCUT2D eigenvalue weighted by Crippen LogP contribution is 2.35. The molecular formula is C22H31N3O4S2. The molecule has 2 aromatic rings. The maximum atomic E-state index is 12.8. The lowest BCUT2D eigenvalue weighted by molar-refractivity contribution is 0.0205. The van der Waals surface area contributed by atoms with Gasteiger partial charge in [0.1, 0.15) is 5.60 Å². The first-order chi connectivity index (χ1) is 14.6. The van der Waals surface area contributed by atoms with Gasteiger partial charge in [-0.05, 0) is 64.7 Å². The van der Waals surface area contributed by atoms with E-state index >= 15 is 0 Å². The molecule has 1 N–H and O–H groups in total. The van der Waals surface area contributed by atoms with Crippen molar-refractivity contribution in [2.45, 2.75) is 81.8 Å². The summed E-state index contributed by atoms with van der Waals surface area (Å²) in [5.74, 6) is 0.271. The van der Waals surface area contributed by atoms with Gasteiger partial charge < -0.3 is 9.64 Å². The number of aromatic nitrogens is 1. The summed E-state index contributed by atoms with van der Waals surface area (Å²) in [5, 5.41) is 1.01. The third kappa shape index (κ3) is 5.38. The van der Waals surface area contributed by atoms with Crippen LogP contribution in [0.3, 0.4) is 0 Å². The Morgan fingerprint density at radius 2 is 1.84 bits per heavy atom. The fourth-order valence-electron chi connectivity index (χ4n) is 4.23. The lowest BCUT2D eigenvalue weighted by Crippen LogP contribution is -2.41. The van der Waals surface area contributed by atoms with E-state index in [1.54, 1.807) is 34.4 Å². The van der Waals surface area contributed by atoms with Gasteiger partial charge in [0.25, 0.3) is 0 Å². The van der Waals surface area contributed by atoms with E-state index in [0.29, 0.717) is 18.0 Å². The molecule has 2 fully saturated rings. The highest BCUT2D eigenvalue weighted by atomic mass is 32.2. The number of ether oxygens (including phenoxy) is 1. The number of fused-ring (bicyclic) bond motifs is 1. The zero-order chi connectivity index (χ0) is 22.2. The number of carbonyl (C=O) groups is 1. The molecule has 1 aliphatic heterocycles. The summed E-state index contributed by atoms with van der Waals surface area (Å²) < 4.78 is 34.7. The summed E-state index contributed by atoms with van der Waals surface area (Å²) in [4.78, 5) is 19.1. The zero-order valence-electron chi connectivity index (χ0n) is 18.4. The van der Waals surface area contributed by atoms with Crippen LogP contribution in [0.15, 0.2) is 23.1 Å². The fourth-order valence-corrected chi connectivity index (χ4v) is 6.81. The van der Waals surface area contributed by atoms with Crippen molar-refractivity contribution in [1.82, 2.24) is 14.6 Å². The second-order valence-corrected chi connectivity index (χ2v) is 12.3. The zero-order valence-corrected chi connectivity index (χ0v) is 20.0. The number of thiazole rings is 1. The Hall–Kier alpha value is -1.71. The summed E-state index contributed by atoms with van der Waals surface area (Å²) >= 11 is 1.56. The monoisotopic (exact) mass is 465 g/mol. The van der Waals surface area contributed by atoms with Crippen molar-refractivity contribution in [3.05, 3.63) is 23.2 Å². The van der Waals surface area contributed by atoms with Crippen LogP contribution < -0.4 is 4.72 Å². The van der Waals surface area contributed by atoms with Crippen molar-refractivity contribution >= 4 is 37.7 Å². The summed E-state index contributed by atoms with van der Waals surface area (Å²) in [6, 6.07) is 5.24. The molecule has 170 valence electrons. The van der Waals surface area contributed by atoms with Crippen molar-refractivity contribution in [2.24, 2.45) is 0 Å². The first-order valence-electron chi connectivity index (χ1n) is 11.0. The lowest BCUT2D eigenvalue weighted by Gasteiger charge is -2.32. The normalized spacial score (nSPS) is 19.3. The van der Waals surface area contributed by atoms with E-state index in [1.165, 1.54) is 0 Å². The number of hydrogen-bond acceptors (Lipinski definition) is 6. The van der Waals surface area contributed by atoms with Crippen molar-refractivity contribution < 1.29 is 17.9 Å². The highest BCUT2D eigenvalue weighted by molar-refractivity contribution is 7.89. The number of carbonyl (C=O) groups excluding carboxylic acids is 1. The number of nitrogens with zero attached hydrogens (tertiary/aromatic N) is 2. The van der Waals surface area contributed by atoms with E-state index in [0.717, 1.165) is 53.7 Å². The molecule has 31 heavy (non-hydrogen) atoms. The summed E-state index contributed by atoms with van der Waals surface area (Å²) in [7, 11) is -3.51. The minimum absolute atomic E-state index is 0.0490. The predicted octanol–water partition coefficient (Wildman–Crippen LogP) is 4.63. The molecule has 9 heteroatoms. The number of rotatable bonds is 4. The van der Waals surface area contributed by atoms with Gasteiger partial charge in [0.2, 0.25) is 10.0 Å². The van der Waals surface area contributed by atoms with Gasteiger partial charge in [-0.3, -0.25) is 0 Å². The van der Waals surface area contributed by atoms with Gasteiger partial charge in [-0.25, -0.2) is 22.9 Å². The maximum absolute atomic E-state index is 12.8. The van der Waals surface area contributed by atoms with E-state index < -0.39 is 15.6 Å². The number of benzene rings is 1. The van der Waals surface area contributed by atoms with E-state index in [-0.39, 0.29) is 18.1 Å². The molecule has 2 aliphatic rings. The first kappa shape index (κ1) is 22.5. The molecule has 2 heterocycles. The van der Waals surface area contributed by atoms with E-state index in [9.17, 15) is 13.2 Å². The molecule has 1 aliphatic carbocycles. The Balaban J connectivity index is 1.43. The standard InChI is InChI=1S/C22H31N3O4S2/c1-22(2,3)29-21(26)25-12-10-15(11-13-25)20-23-18-9-8-17(14-19(18)30-20)31(27,28)24-16-6-4-5-7-16/h8-9,14-16,24H,4-7,10-13H2,1-3H3. The quantitative estimate of drug-likeness (QED) is 0.711. The molecule has 1 aromatic carbocycles. The Morgan fingerprint density at radius 3 is 2.48 bits per heavy atom. The molecule has 0 bridgehead atoms. The number of sulfonamides is 1. The van der Waals surface area contributed by atoms with Crippen LogP contribution in [0.2, 0.25) is 0 Å². The van der Waals surface area contributed by atoms with Crippen molar-refractivity contribution in [2.75, 3.05) is 13.1 Å². The van der Waals surface area contributed by atoms with E-state index in [4.69, 9.17) is 9.72 Å². The first-order valence-corrected chi connectivity index (χ1v) is 13.3. The Morgan fingerprint density at radius 1 is 1.16 bits per heavy atom. The van der Waals surface area contributed by atoms with Crippen LogP contribution in [-0.2, 0) is 14.8 Å². The minimum Gasteiger partial charge on any atom is -0.444 e. The largest absolute Gasteiger partial charge is 0.444 e. The van der Waals surface area contributed by atoms with Crippen LogP contribution in [-0.4, -0.2) is 49.1 Å². The van der Waals surface area contributed by atoms with Gasteiger partial charge in [-0.1, -0.05) is 12.8 Å². The average molecular weight is 466 g/mol. The number of likely N-dealkylation sites (tertiary alicyclic amines) is 1. The van der Waals surface area contributed by atoms with Crippen LogP contribution in [0.25, 0.3) is 10.2 Å². The van der Waals surface area contributed by atoms with Crippen molar-refractivity contribution in [1.29, 1.82) is 0 Å². The molecule has 0 atom stereocenters. The van der Waals surface area contributed by atoms with Gasteiger partial charge >= 0.3 is 6.09 Å². The molecule has 1 saturated carbocycles. The topological polar surface area (TPSA) is 88.6 Å². The predicted molar refractivity (Wildman–Crippen MR) is 122 cm³/mol. The molecular weight excluding hydrogens is 434 g/mol. The molecule has 0 spiro atoms. The van der Waals surface area contributed by atoms with Crippen LogP contribution in [0, 0.1) is 0 Å². The maximum Gasteiger partial charge on any atom is 0.410 e. The summed E-state index contributed by atoms with van der Waals surface area (Å²) in [6.07, 6.45) is 5.37. The Bertz CT molecular complexity index is 1040. The molecule has 4 rings (SSSR count). The molecule has 7 nitrogen and oxygen atoms in total. The average Bonchev–Trinajstić information content (AvgIpc) is 3.35. The number of amides is 1. The Kier molecular flexibility index (Phi) is 6.29. The van der Waals surface area contributed by atoms with E-state index in [1.807, 2.05) is 20.8 Å². The molecule has 1 aromatic heterocycles. The van der Waals surface area contributed by atoms with Crippen LogP contribution in [0.5, 0.6) is 0 Å². The van der Waals surface area contributed by atoms with Crippen molar-refractivity contribution in [3.63, 3.8) is 0 Å². The molecule has 0 radical (unpaired) electrons. The molecule has 1 saturated heterocycles. The van der Waals surface area contributed by atoms with Crippen LogP contribution in [0.4, 0.5) is 4.79 Å².